The summed E-state index contributed by atoms with van der Waals surface area (Å²) in [5.74, 6) is -0.924. The number of nitrogens with one attached hydrogen (secondary N) is 1. The molecule has 1 aliphatic rings. The maximum atomic E-state index is 13.8. The highest BCUT2D eigenvalue weighted by Gasteiger charge is 2.40. The molecule has 1 saturated carbocycles. The second kappa shape index (κ2) is 5.67. The molecular formula is C14H19FN2O2. The Morgan fingerprint density at radius 2 is 2.32 bits per heavy atom. The Morgan fingerprint density at radius 1 is 1.58 bits per heavy atom. The summed E-state index contributed by atoms with van der Waals surface area (Å²) in [6, 6.07) is 4.39. The molecule has 0 aromatic heterocycles. The molecule has 3 atom stereocenters. The van der Waals surface area contributed by atoms with Gasteiger partial charge in [-0.05, 0) is 31.9 Å². The molecule has 1 aromatic carbocycles. The van der Waals surface area contributed by atoms with Crippen molar-refractivity contribution in [1.29, 1.82) is 0 Å². The van der Waals surface area contributed by atoms with Gasteiger partial charge in [-0.3, -0.25) is 4.79 Å². The summed E-state index contributed by atoms with van der Waals surface area (Å²) in [6.07, 6.45) is 0.645. The van der Waals surface area contributed by atoms with E-state index in [1.54, 1.807) is 19.1 Å². The second-order valence-corrected chi connectivity index (χ2v) is 4.83. The van der Waals surface area contributed by atoms with Crippen LogP contribution in [0.15, 0.2) is 18.2 Å². The molecule has 0 heterocycles. The number of nitrogens with two attached hydrogens (primary N) is 1. The van der Waals surface area contributed by atoms with Crippen molar-refractivity contribution in [3.63, 3.8) is 0 Å². The predicted octanol–water partition coefficient (Wildman–Crippen LogP) is 1.37. The number of amides is 1. The van der Waals surface area contributed by atoms with Crippen molar-refractivity contribution in [3.05, 3.63) is 35.1 Å². The molecule has 5 heteroatoms. The summed E-state index contributed by atoms with van der Waals surface area (Å²) in [6.45, 7) is 4.09. The largest absolute Gasteiger partial charge is 0.376 e. The van der Waals surface area contributed by atoms with Gasteiger partial charge in [0.15, 0.2) is 0 Å². The molecule has 1 aromatic rings. The van der Waals surface area contributed by atoms with Crippen LogP contribution in [0.25, 0.3) is 0 Å². The van der Waals surface area contributed by atoms with E-state index in [4.69, 9.17) is 10.5 Å². The fraction of sp³-hybridized carbons (Fsp3) is 0.500. The van der Waals surface area contributed by atoms with Crippen LogP contribution in [0.2, 0.25) is 0 Å². The van der Waals surface area contributed by atoms with Gasteiger partial charge in [-0.15, -0.1) is 0 Å². The molecule has 4 nitrogen and oxygen atoms in total. The van der Waals surface area contributed by atoms with Gasteiger partial charge in [0.2, 0.25) is 0 Å². The van der Waals surface area contributed by atoms with Crippen LogP contribution in [0.1, 0.15) is 29.3 Å². The Labute approximate surface area is 112 Å². The first-order valence-electron chi connectivity index (χ1n) is 6.47. The topological polar surface area (TPSA) is 64.3 Å². The molecule has 104 valence electrons. The minimum atomic E-state index is -0.485. The lowest BCUT2D eigenvalue weighted by atomic mass is 9.83. The van der Waals surface area contributed by atoms with Crippen molar-refractivity contribution in [1.82, 2.24) is 5.32 Å². The molecule has 0 bridgehead atoms. The summed E-state index contributed by atoms with van der Waals surface area (Å²) in [4.78, 5) is 12.1. The van der Waals surface area contributed by atoms with E-state index in [0.29, 0.717) is 12.2 Å². The smallest absolute Gasteiger partial charge is 0.254 e. The molecule has 0 radical (unpaired) electrons. The summed E-state index contributed by atoms with van der Waals surface area (Å²) < 4.78 is 19.3. The van der Waals surface area contributed by atoms with Crippen LogP contribution < -0.4 is 11.1 Å². The minimum Gasteiger partial charge on any atom is -0.376 e. The van der Waals surface area contributed by atoms with Crippen molar-refractivity contribution in [2.45, 2.75) is 38.5 Å². The van der Waals surface area contributed by atoms with Gasteiger partial charge in [-0.25, -0.2) is 4.39 Å². The highest BCUT2D eigenvalue weighted by Crippen LogP contribution is 2.23. The molecule has 1 fully saturated rings. The molecular weight excluding hydrogens is 247 g/mol. The van der Waals surface area contributed by atoms with E-state index in [0.717, 1.165) is 6.42 Å². The number of carbonyl (C=O) groups excluding carboxylic acids is 1. The number of benzene rings is 1. The van der Waals surface area contributed by atoms with Crippen molar-refractivity contribution in [2.24, 2.45) is 5.73 Å². The van der Waals surface area contributed by atoms with Crippen LogP contribution in [0.5, 0.6) is 0 Å². The lowest BCUT2D eigenvalue weighted by Crippen LogP contribution is -2.64. The Bertz CT molecular complexity index is 477. The minimum absolute atomic E-state index is 0.0503. The van der Waals surface area contributed by atoms with Gasteiger partial charge in [-0.1, -0.05) is 12.1 Å². The van der Waals surface area contributed by atoms with E-state index in [9.17, 15) is 9.18 Å². The lowest BCUT2D eigenvalue weighted by Gasteiger charge is -2.42. The van der Waals surface area contributed by atoms with Crippen LogP contribution in [0.4, 0.5) is 4.39 Å². The van der Waals surface area contributed by atoms with Crippen LogP contribution in [0, 0.1) is 12.7 Å². The fourth-order valence-corrected chi connectivity index (χ4v) is 2.28. The number of rotatable bonds is 4. The third-order valence-electron chi connectivity index (χ3n) is 3.48. The van der Waals surface area contributed by atoms with Gasteiger partial charge < -0.3 is 15.8 Å². The van der Waals surface area contributed by atoms with Crippen LogP contribution in [-0.4, -0.2) is 30.7 Å². The lowest BCUT2D eigenvalue weighted by molar-refractivity contribution is -0.0300. The zero-order valence-corrected chi connectivity index (χ0v) is 11.2. The van der Waals surface area contributed by atoms with Crippen molar-refractivity contribution in [3.8, 4) is 0 Å². The molecule has 19 heavy (non-hydrogen) atoms. The molecule has 0 saturated heterocycles. The number of hydrogen-bond acceptors (Lipinski definition) is 3. The predicted molar refractivity (Wildman–Crippen MR) is 70.4 cm³/mol. The molecule has 1 amide bonds. The van der Waals surface area contributed by atoms with Crippen molar-refractivity contribution < 1.29 is 13.9 Å². The van der Waals surface area contributed by atoms with Crippen LogP contribution in [0.3, 0.4) is 0 Å². The highest BCUT2D eigenvalue weighted by molar-refractivity contribution is 5.95. The normalized spacial score (nSPS) is 25.8. The van der Waals surface area contributed by atoms with Crippen molar-refractivity contribution >= 4 is 5.91 Å². The van der Waals surface area contributed by atoms with Gasteiger partial charge in [0.25, 0.3) is 5.91 Å². The standard InChI is InChI=1S/C14H19FN2O2/c1-3-19-11-7-10(16)13(11)17-14(18)9-6-4-5-8(2)12(9)15/h4-6,10-11,13H,3,7,16H2,1-2H3,(H,17,18). The third kappa shape index (κ3) is 2.77. The van der Waals surface area contributed by atoms with E-state index in [2.05, 4.69) is 5.32 Å². The Kier molecular flexibility index (Phi) is 4.17. The summed E-state index contributed by atoms with van der Waals surface area (Å²) in [7, 11) is 0. The molecule has 0 spiro atoms. The van der Waals surface area contributed by atoms with E-state index in [-0.39, 0.29) is 23.8 Å². The quantitative estimate of drug-likeness (QED) is 0.865. The fourth-order valence-electron chi connectivity index (χ4n) is 2.28. The molecule has 2 rings (SSSR count). The van der Waals surface area contributed by atoms with E-state index in [1.165, 1.54) is 6.07 Å². The van der Waals surface area contributed by atoms with Crippen molar-refractivity contribution in [2.75, 3.05) is 6.61 Å². The first kappa shape index (κ1) is 14.0. The Hall–Kier alpha value is -1.46. The first-order chi connectivity index (χ1) is 9.04. The number of halogens is 1. The molecule has 3 unspecified atom stereocenters. The zero-order valence-electron chi connectivity index (χ0n) is 11.2. The first-order valence-corrected chi connectivity index (χ1v) is 6.47. The van der Waals surface area contributed by atoms with E-state index < -0.39 is 11.7 Å². The monoisotopic (exact) mass is 266 g/mol. The molecule has 3 N–H and O–H groups in total. The van der Waals surface area contributed by atoms with Gasteiger partial charge in [-0.2, -0.15) is 0 Å². The average Bonchev–Trinajstić information content (AvgIpc) is 2.39. The van der Waals surface area contributed by atoms with Gasteiger partial charge in [0.1, 0.15) is 5.82 Å². The van der Waals surface area contributed by atoms with Gasteiger partial charge in [0, 0.05) is 12.6 Å². The Morgan fingerprint density at radius 3 is 2.95 bits per heavy atom. The van der Waals surface area contributed by atoms with Crippen LogP contribution in [-0.2, 0) is 4.74 Å². The maximum Gasteiger partial charge on any atom is 0.254 e. The number of hydrogen-bond donors (Lipinski definition) is 2. The number of carbonyl (C=O) groups is 1. The number of ether oxygens (including phenoxy) is 1. The highest BCUT2D eigenvalue weighted by atomic mass is 19.1. The second-order valence-electron chi connectivity index (χ2n) is 4.83. The number of aryl methyl sites for hydroxylation is 1. The maximum absolute atomic E-state index is 13.8. The summed E-state index contributed by atoms with van der Waals surface area (Å²) >= 11 is 0. The van der Waals surface area contributed by atoms with Crippen LogP contribution >= 0.6 is 0 Å². The van der Waals surface area contributed by atoms with E-state index in [1.807, 2.05) is 6.92 Å². The molecule has 0 aliphatic heterocycles. The zero-order chi connectivity index (χ0) is 14.0. The van der Waals surface area contributed by atoms with Gasteiger partial charge in [0.05, 0.1) is 17.7 Å². The molecule has 1 aliphatic carbocycles. The van der Waals surface area contributed by atoms with E-state index >= 15 is 0 Å². The summed E-state index contributed by atoms with van der Waals surface area (Å²) in [5, 5.41) is 2.76. The average molecular weight is 266 g/mol. The Balaban J connectivity index is 2.06. The third-order valence-corrected chi connectivity index (χ3v) is 3.48. The SMILES string of the molecule is CCOC1CC(N)C1NC(=O)c1cccc(C)c1F. The summed E-state index contributed by atoms with van der Waals surface area (Å²) in [5.41, 5.74) is 6.35. The van der Waals surface area contributed by atoms with Gasteiger partial charge >= 0.3 is 0 Å².